The highest BCUT2D eigenvalue weighted by Gasteiger charge is 2.22. The Morgan fingerprint density at radius 2 is 2.42 bits per heavy atom. The van der Waals surface area contributed by atoms with Crippen molar-refractivity contribution in [1.29, 1.82) is 0 Å². The van der Waals surface area contributed by atoms with Crippen molar-refractivity contribution in [3.05, 3.63) is 18.2 Å². The number of hydrogen-bond donors (Lipinski definition) is 1. The third-order valence-electron chi connectivity index (χ3n) is 2.32. The molecule has 0 unspecified atom stereocenters. The molecule has 0 aliphatic heterocycles. The molecule has 2 rings (SSSR count). The fourth-order valence-electron chi connectivity index (χ4n) is 1.44. The second-order valence-corrected chi connectivity index (χ2v) is 3.48. The Morgan fingerprint density at radius 3 is 3.08 bits per heavy atom. The Kier molecular flexibility index (Phi) is 2.13. The minimum Gasteiger partial charge on any atom is -0.335 e. The molecular weight excluding hydrogens is 150 g/mol. The van der Waals surface area contributed by atoms with Crippen LogP contribution in [0.2, 0.25) is 0 Å². The van der Waals surface area contributed by atoms with Gasteiger partial charge in [-0.3, -0.25) is 0 Å². The van der Waals surface area contributed by atoms with Crippen molar-refractivity contribution >= 4 is 0 Å². The number of nitrogens with zero attached hydrogens (tertiary/aromatic N) is 2. The van der Waals surface area contributed by atoms with Crippen LogP contribution in [-0.4, -0.2) is 16.1 Å². The normalized spacial score (nSPS) is 16.8. The Morgan fingerprint density at radius 1 is 1.58 bits per heavy atom. The van der Waals surface area contributed by atoms with Crippen molar-refractivity contribution in [1.82, 2.24) is 9.55 Å². The van der Waals surface area contributed by atoms with E-state index < -0.39 is 0 Å². The fourth-order valence-corrected chi connectivity index (χ4v) is 1.44. The van der Waals surface area contributed by atoms with Crippen LogP contribution in [0.15, 0.2) is 12.4 Å². The van der Waals surface area contributed by atoms with Gasteiger partial charge in [-0.1, -0.05) is 0 Å². The van der Waals surface area contributed by atoms with Crippen molar-refractivity contribution in [3.63, 3.8) is 0 Å². The molecule has 0 bridgehead atoms. The zero-order chi connectivity index (χ0) is 8.39. The van der Waals surface area contributed by atoms with Crippen LogP contribution >= 0.6 is 0 Å². The van der Waals surface area contributed by atoms with Crippen LogP contribution in [0.4, 0.5) is 0 Å². The van der Waals surface area contributed by atoms with Gasteiger partial charge in [-0.25, -0.2) is 4.98 Å². The van der Waals surface area contributed by atoms with E-state index in [-0.39, 0.29) is 0 Å². The van der Waals surface area contributed by atoms with E-state index in [4.69, 9.17) is 5.73 Å². The van der Waals surface area contributed by atoms with Gasteiger partial charge in [0, 0.05) is 25.4 Å². The lowest BCUT2D eigenvalue weighted by Gasteiger charge is -2.04. The van der Waals surface area contributed by atoms with Gasteiger partial charge >= 0.3 is 0 Å². The van der Waals surface area contributed by atoms with Gasteiger partial charge in [-0.15, -0.1) is 0 Å². The quantitative estimate of drug-likeness (QED) is 0.717. The van der Waals surface area contributed by atoms with Crippen LogP contribution in [-0.2, 0) is 13.0 Å². The van der Waals surface area contributed by atoms with Crippen LogP contribution in [0.3, 0.4) is 0 Å². The summed E-state index contributed by atoms with van der Waals surface area (Å²) < 4.78 is 2.24. The average Bonchev–Trinajstić information content (AvgIpc) is 2.76. The molecule has 0 radical (unpaired) electrons. The molecule has 1 fully saturated rings. The Balaban J connectivity index is 2.01. The number of imidazole rings is 1. The van der Waals surface area contributed by atoms with Crippen LogP contribution in [0.1, 0.15) is 18.7 Å². The molecule has 0 saturated heterocycles. The molecule has 1 aromatic heterocycles. The predicted octanol–water partition coefficient (Wildman–Crippen LogP) is 0.794. The van der Waals surface area contributed by atoms with Crippen molar-refractivity contribution in [2.24, 2.45) is 11.7 Å². The third-order valence-corrected chi connectivity index (χ3v) is 2.32. The Labute approximate surface area is 72.6 Å². The Hall–Kier alpha value is -0.830. The molecule has 1 aliphatic rings. The molecule has 0 spiro atoms. The van der Waals surface area contributed by atoms with Crippen LogP contribution in [0, 0.1) is 5.92 Å². The fraction of sp³-hybridized carbons (Fsp3) is 0.667. The van der Waals surface area contributed by atoms with E-state index in [0.717, 1.165) is 24.7 Å². The maximum absolute atomic E-state index is 5.48. The summed E-state index contributed by atoms with van der Waals surface area (Å²) in [7, 11) is 0. The number of rotatable bonds is 4. The molecule has 66 valence electrons. The van der Waals surface area contributed by atoms with Crippen LogP contribution in [0.25, 0.3) is 0 Å². The lowest BCUT2D eigenvalue weighted by molar-refractivity contribution is 0.595. The molecule has 1 saturated carbocycles. The lowest BCUT2D eigenvalue weighted by Crippen LogP contribution is -2.10. The SMILES string of the molecule is NCCc1nccn1CC1CC1. The van der Waals surface area contributed by atoms with Gasteiger partial charge in [0.1, 0.15) is 5.82 Å². The standard InChI is InChI=1S/C9H15N3/c10-4-3-9-11-5-6-12(9)7-8-1-2-8/h5-6,8H,1-4,7,10H2. The summed E-state index contributed by atoms with van der Waals surface area (Å²) in [5, 5.41) is 0. The van der Waals surface area contributed by atoms with E-state index in [0.29, 0.717) is 6.54 Å². The average molecular weight is 165 g/mol. The second kappa shape index (κ2) is 3.27. The van der Waals surface area contributed by atoms with Crippen molar-refractivity contribution in [3.8, 4) is 0 Å². The minimum absolute atomic E-state index is 0.696. The minimum atomic E-state index is 0.696. The maximum atomic E-state index is 5.48. The van der Waals surface area contributed by atoms with E-state index in [2.05, 4.69) is 15.7 Å². The summed E-state index contributed by atoms with van der Waals surface area (Å²) in [6.45, 7) is 1.84. The molecular formula is C9H15N3. The second-order valence-electron chi connectivity index (χ2n) is 3.48. The van der Waals surface area contributed by atoms with E-state index >= 15 is 0 Å². The van der Waals surface area contributed by atoms with Gasteiger partial charge in [0.25, 0.3) is 0 Å². The molecule has 3 heteroatoms. The van der Waals surface area contributed by atoms with E-state index in [1.54, 1.807) is 0 Å². The molecule has 0 atom stereocenters. The number of aromatic nitrogens is 2. The van der Waals surface area contributed by atoms with Crippen molar-refractivity contribution in [2.45, 2.75) is 25.8 Å². The molecule has 3 nitrogen and oxygen atoms in total. The third kappa shape index (κ3) is 1.67. The summed E-state index contributed by atoms with van der Waals surface area (Å²) in [6.07, 6.45) is 7.61. The first kappa shape index (κ1) is 7.80. The molecule has 1 aromatic rings. The van der Waals surface area contributed by atoms with Crippen LogP contribution < -0.4 is 5.73 Å². The highest BCUT2D eigenvalue weighted by molar-refractivity contribution is 4.94. The van der Waals surface area contributed by atoms with Crippen molar-refractivity contribution < 1.29 is 0 Å². The summed E-state index contributed by atoms with van der Waals surface area (Å²) in [4.78, 5) is 4.27. The molecule has 1 heterocycles. The molecule has 2 N–H and O–H groups in total. The maximum Gasteiger partial charge on any atom is 0.109 e. The highest BCUT2D eigenvalue weighted by Crippen LogP contribution is 2.30. The zero-order valence-electron chi connectivity index (χ0n) is 7.24. The van der Waals surface area contributed by atoms with Gasteiger partial charge < -0.3 is 10.3 Å². The number of hydrogen-bond acceptors (Lipinski definition) is 2. The first-order valence-corrected chi connectivity index (χ1v) is 4.60. The monoisotopic (exact) mass is 165 g/mol. The molecule has 12 heavy (non-hydrogen) atoms. The molecule has 0 amide bonds. The predicted molar refractivity (Wildman–Crippen MR) is 47.7 cm³/mol. The smallest absolute Gasteiger partial charge is 0.109 e. The van der Waals surface area contributed by atoms with Gasteiger partial charge in [-0.05, 0) is 25.3 Å². The molecule has 1 aliphatic carbocycles. The van der Waals surface area contributed by atoms with Crippen LogP contribution in [0.5, 0.6) is 0 Å². The van der Waals surface area contributed by atoms with E-state index in [1.807, 2.05) is 6.20 Å². The van der Waals surface area contributed by atoms with Gasteiger partial charge in [0.2, 0.25) is 0 Å². The van der Waals surface area contributed by atoms with Crippen molar-refractivity contribution in [2.75, 3.05) is 6.54 Å². The van der Waals surface area contributed by atoms with Gasteiger partial charge in [-0.2, -0.15) is 0 Å². The Bertz CT molecular complexity index is 250. The first-order valence-electron chi connectivity index (χ1n) is 4.60. The topological polar surface area (TPSA) is 43.8 Å². The van der Waals surface area contributed by atoms with Gasteiger partial charge in [0.15, 0.2) is 0 Å². The zero-order valence-corrected chi connectivity index (χ0v) is 7.24. The van der Waals surface area contributed by atoms with E-state index in [1.165, 1.54) is 12.8 Å². The lowest BCUT2D eigenvalue weighted by atomic mass is 10.3. The summed E-state index contributed by atoms with van der Waals surface area (Å²) >= 11 is 0. The summed E-state index contributed by atoms with van der Waals surface area (Å²) in [6, 6.07) is 0. The largest absolute Gasteiger partial charge is 0.335 e. The number of nitrogens with two attached hydrogens (primary N) is 1. The summed E-state index contributed by atoms with van der Waals surface area (Å²) in [5.74, 6) is 2.06. The van der Waals surface area contributed by atoms with Gasteiger partial charge in [0.05, 0.1) is 0 Å². The van der Waals surface area contributed by atoms with E-state index in [9.17, 15) is 0 Å². The first-order chi connectivity index (χ1) is 5.90. The molecule has 0 aromatic carbocycles. The highest BCUT2D eigenvalue weighted by atomic mass is 15.1. The summed E-state index contributed by atoms with van der Waals surface area (Å²) in [5.41, 5.74) is 5.48.